The minimum absolute atomic E-state index is 0.138. The molecule has 4 nitrogen and oxygen atoms in total. The molecular weight excluding hydrogens is 407 g/mol. The normalized spacial score (nSPS) is 11.4. The van der Waals surface area contributed by atoms with Crippen LogP contribution in [0.25, 0.3) is 0 Å². The van der Waals surface area contributed by atoms with Crippen LogP contribution in [0.2, 0.25) is 0 Å². The molecule has 2 rings (SSSR count). The number of amides is 1. The highest BCUT2D eigenvalue weighted by Gasteiger charge is 2.22. The molecule has 2 aromatic rings. The summed E-state index contributed by atoms with van der Waals surface area (Å²) in [6.07, 6.45) is -0.197. The maximum Gasteiger partial charge on any atom is 0.410 e. The lowest BCUT2D eigenvalue weighted by Gasteiger charge is -2.27. The Morgan fingerprint density at radius 2 is 1.61 bits per heavy atom. The molecule has 0 spiro atoms. The number of ether oxygens (including phenoxy) is 2. The van der Waals surface area contributed by atoms with E-state index >= 15 is 0 Å². The molecule has 0 fully saturated rings. The van der Waals surface area contributed by atoms with Gasteiger partial charge in [0, 0.05) is 18.7 Å². The molecule has 31 heavy (non-hydrogen) atoms. The summed E-state index contributed by atoms with van der Waals surface area (Å²) in [6, 6.07) is 11.8. The summed E-state index contributed by atoms with van der Waals surface area (Å²) in [4.78, 5) is 13.7. The Morgan fingerprint density at radius 1 is 0.968 bits per heavy atom. The second kappa shape index (κ2) is 11.7. The standard InChI is InChI=1S/C24H30F3NO3/c1-24(2,3)31-23(29)28(12-7-11-25)13-10-19-14-21(26)20(22(27)15-19)17-30-16-18-8-5-4-6-9-18/h4-6,8-9,14-15H,7,10-13,16-17H2,1-3H3. The van der Waals surface area contributed by atoms with Gasteiger partial charge in [0.25, 0.3) is 0 Å². The number of halogens is 3. The Morgan fingerprint density at radius 3 is 2.19 bits per heavy atom. The fraction of sp³-hybridized carbons (Fsp3) is 0.458. The first-order valence-electron chi connectivity index (χ1n) is 10.3. The molecule has 7 heteroatoms. The minimum atomic E-state index is -0.698. The zero-order chi connectivity index (χ0) is 22.9. The maximum absolute atomic E-state index is 14.5. The van der Waals surface area contributed by atoms with Crippen molar-refractivity contribution in [3.05, 3.63) is 70.8 Å². The lowest BCUT2D eigenvalue weighted by Crippen LogP contribution is -2.38. The van der Waals surface area contributed by atoms with E-state index in [9.17, 15) is 18.0 Å². The molecule has 0 aromatic heterocycles. The van der Waals surface area contributed by atoms with Crippen LogP contribution in [0.1, 0.15) is 43.9 Å². The Hall–Kier alpha value is -2.54. The van der Waals surface area contributed by atoms with Gasteiger partial charge >= 0.3 is 6.09 Å². The molecule has 0 N–H and O–H groups in total. The first-order valence-corrected chi connectivity index (χ1v) is 10.3. The van der Waals surface area contributed by atoms with Crippen LogP contribution in [0.4, 0.5) is 18.0 Å². The van der Waals surface area contributed by atoms with Crippen LogP contribution in [0.3, 0.4) is 0 Å². The van der Waals surface area contributed by atoms with Crippen molar-refractivity contribution in [1.82, 2.24) is 4.90 Å². The van der Waals surface area contributed by atoms with Crippen molar-refractivity contribution in [3.8, 4) is 0 Å². The summed E-state index contributed by atoms with van der Waals surface area (Å²) in [6.45, 7) is 5.04. The van der Waals surface area contributed by atoms with E-state index in [1.54, 1.807) is 20.8 Å². The predicted octanol–water partition coefficient (Wildman–Crippen LogP) is 5.82. The minimum Gasteiger partial charge on any atom is -0.444 e. The summed E-state index contributed by atoms with van der Waals surface area (Å²) in [7, 11) is 0. The smallest absolute Gasteiger partial charge is 0.410 e. The van der Waals surface area contributed by atoms with Crippen LogP contribution in [-0.4, -0.2) is 36.4 Å². The molecule has 0 bridgehead atoms. The van der Waals surface area contributed by atoms with Crippen molar-refractivity contribution in [2.24, 2.45) is 0 Å². The van der Waals surface area contributed by atoms with E-state index in [1.165, 1.54) is 17.0 Å². The second-order valence-corrected chi connectivity index (χ2v) is 8.28. The summed E-state index contributed by atoms with van der Waals surface area (Å²) in [5, 5.41) is 0. The lowest BCUT2D eigenvalue weighted by atomic mass is 10.1. The summed E-state index contributed by atoms with van der Waals surface area (Å²) in [5.41, 5.74) is 0.483. The van der Waals surface area contributed by atoms with Gasteiger partial charge in [0.2, 0.25) is 0 Å². The van der Waals surface area contributed by atoms with Gasteiger partial charge in [-0.05, 0) is 56.9 Å². The van der Waals surface area contributed by atoms with Crippen molar-refractivity contribution in [3.63, 3.8) is 0 Å². The first-order chi connectivity index (χ1) is 14.7. The molecule has 0 saturated carbocycles. The quantitative estimate of drug-likeness (QED) is 0.470. The van der Waals surface area contributed by atoms with Gasteiger partial charge in [0.1, 0.15) is 17.2 Å². The highest BCUT2D eigenvalue weighted by molar-refractivity contribution is 5.68. The number of hydrogen-bond donors (Lipinski definition) is 0. The first kappa shape index (κ1) is 24.7. The zero-order valence-corrected chi connectivity index (χ0v) is 18.3. The molecule has 0 aliphatic carbocycles. The lowest BCUT2D eigenvalue weighted by molar-refractivity contribution is 0.0247. The predicted molar refractivity (Wildman–Crippen MR) is 113 cm³/mol. The van der Waals surface area contributed by atoms with Gasteiger partial charge in [0.05, 0.1) is 19.9 Å². The van der Waals surface area contributed by atoms with E-state index < -0.39 is 30.0 Å². The van der Waals surface area contributed by atoms with Crippen LogP contribution in [-0.2, 0) is 29.1 Å². The molecule has 1 amide bonds. The van der Waals surface area contributed by atoms with Crippen LogP contribution in [0.15, 0.2) is 42.5 Å². The van der Waals surface area contributed by atoms with Crippen LogP contribution in [0, 0.1) is 11.6 Å². The van der Waals surface area contributed by atoms with Crippen molar-refractivity contribution < 1.29 is 27.4 Å². The number of alkyl halides is 1. The fourth-order valence-corrected chi connectivity index (χ4v) is 2.92. The molecule has 0 heterocycles. The van der Waals surface area contributed by atoms with E-state index in [0.29, 0.717) is 5.56 Å². The van der Waals surface area contributed by atoms with E-state index in [0.717, 1.165) is 5.56 Å². The fourth-order valence-electron chi connectivity index (χ4n) is 2.92. The molecule has 0 saturated heterocycles. The van der Waals surface area contributed by atoms with Crippen LogP contribution in [0.5, 0.6) is 0 Å². The Balaban J connectivity index is 1.98. The number of benzene rings is 2. The summed E-state index contributed by atoms with van der Waals surface area (Å²) in [5.74, 6) is -1.40. The largest absolute Gasteiger partial charge is 0.444 e. The monoisotopic (exact) mass is 437 g/mol. The molecule has 0 unspecified atom stereocenters. The summed E-state index contributed by atoms with van der Waals surface area (Å²) >= 11 is 0. The Labute approximate surface area is 182 Å². The van der Waals surface area contributed by atoms with E-state index in [4.69, 9.17) is 9.47 Å². The summed E-state index contributed by atoms with van der Waals surface area (Å²) < 4.78 is 52.3. The molecule has 0 radical (unpaired) electrons. The molecular formula is C24H30F3NO3. The third-order valence-electron chi connectivity index (χ3n) is 4.44. The number of hydrogen-bond acceptors (Lipinski definition) is 3. The van der Waals surface area contributed by atoms with Crippen molar-refractivity contribution in [2.75, 3.05) is 19.8 Å². The van der Waals surface area contributed by atoms with Crippen LogP contribution >= 0.6 is 0 Å². The number of carbonyl (C=O) groups is 1. The third-order valence-corrected chi connectivity index (χ3v) is 4.44. The average molecular weight is 438 g/mol. The van der Waals surface area contributed by atoms with E-state index in [2.05, 4.69) is 0 Å². The number of carbonyl (C=O) groups excluding carboxylic acids is 1. The van der Waals surface area contributed by atoms with Gasteiger partial charge in [-0.2, -0.15) is 0 Å². The third kappa shape index (κ3) is 8.61. The topological polar surface area (TPSA) is 38.8 Å². The zero-order valence-electron chi connectivity index (χ0n) is 18.3. The maximum atomic E-state index is 14.5. The molecule has 2 aromatic carbocycles. The highest BCUT2D eigenvalue weighted by atomic mass is 19.1. The Kier molecular flexibility index (Phi) is 9.37. The van der Waals surface area contributed by atoms with Gasteiger partial charge in [0.15, 0.2) is 0 Å². The SMILES string of the molecule is CC(C)(C)OC(=O)N(CCCF)CCc1cc(F)c(COCc2ccccc2)c(F)c1. The average Bonchev–Trinajstić information content (AvgIpc) is 2.69. The molecule has 0 aliphatic rings. The molecule has 0 aliphatic heterocycles. The molecule has 0 atom stereocenters. The van der Waals surface area contributed by atoms with Gasteiger partial charge in [-0.25, -0.2) is 13.6 Å². The van der Waals surface area contributed by atoms with E-state index in [-0.39, 0.29) is 44.7 Å². The molecule has 170 valence electrons. The number of rotatable bonds is 10. The Bertz CT molecular complexity index is 815. The van der Waals surface area contributed by atoms with Gasteiger partial charge in [-0.3, -0.25) is 4.39 Å². The van der Waals surface area contributed by atoms with Crippen molar-refractivity contribution in [2.45, 2.75) is 52.4 Å². The van der Waals surface area contributed by atoms with Gasteiger partial charge in [-0.1, -0.05) is 30.3 Å². The number of nitrogens with zero attached hydrogens (tertiary/aromatic N) is 1. The highest BCUT2D eigenvalue weighted by Crippen LogP contribution is 2.19. The van der Waals surface area contributed by atoms with Crippen molar-refractivity contribution in [1.29, 1.82) is 0 Å². The van der Waals surface area contributed by atoms with E-state index in [1.807, 2.05) is 30.3 Å². The van der Waals surface area contributed by atoms with Crippen LogP contribution < -0.4 is 0 Å². The van der Waals surface area contributed by atoms with Gasteiger partial charge in [-0.15, -0.1) is 0 Å². The van der Waals surface area contributed by atoms with Gasteiger partial charge < -0.3 is 14.4 Å². The van der Waals surface area contributed by atoms with Crippen molar-refractivity contribution >= 4 is 6.09 Å². The second-order valence-electron chi connectivity index (χ2n) is 8.28.